The van der Waals surface area contributed by atoms with E-state index in [0.717, 1.165) is 76.2 Å². The Morgan fingerprint density at radius 1 is 1.04 bits per heavy atom. The van der Waals surface area contributed by atoms with Gasteiger partial charge in [-0.05, 0) is 69.9 Å². The molecule has 1 unspecified atom stereocenters. The minimum absolute atomic E-state index is 0.123. The first-order valence-corrected chi connectivity index (χ1v) is 18.3. The fourth-order valence-corrected chi connectivity index (χ4v) is 8.50. The summed E-state index contributed by atoms with van der Waals surface area (Å²) in [4.78, 5) is 20.1. The Bertz CT molecular complexity index is 1340. The van der Waals surface area contributed by atoms with E-state index in [2.05, 4.69) is 15.1 Å². The standard InChI is InChI=1S/C34H49F3N6O3S/c35-34(36,37)29-5-4-26(21-31(29)47-19-16-40-14-17-46-18-15-40)33-28-24-42(32(45)20-25-6-9-38-10-7-25)13-8-30(28)43(39-33)23-27(44)22-41-11-2-1-3-12-41/h4-5,21,25,27,38,44H,1-3,6-20,22-24H2. The number of likely N-dealkylation sites (tertiary alicyclic amines) is 1. The number of hydrogen-bond donors (Lipinski definition) is 2. The van der Waals surface area contributed by atoms with Gasteiger partial charge < -0.3 is 25.0 Å². The van der Waals surface area contributed by atoms with Gasteiger partial charge in [-0.15, -0.1) is 11.8 Å². The molecule has 13 heteroatoms. The Morgan fingerprint density at radius 2 is 1.81 bits per heavy atom. The van der Waals surface area contributed by atoms with Gasteiger partial charge in [-0.1, -0.05) is 12.5 Å². The Morgan fingerprint density at radius 3 is 2.55 bits per heavy atom. The Hall–Kier alpha value is -2.16. The third-order valence-electron chi connectivity index (χ3n) is 10.0. The highest BCUT2D eigenvalue weighted by atomic mass is 32.2. The van der Waals surface area contributed by atoms with Gasteiger partial charge in [0.1, 0.15) is 0 Å². The Kier molecular flexibility index (Phi) is 11.8. The molecule has 0 bridgehead atoms. The number of benzene rings is 1. The zero-order valence-electron chi connectivity index (χ0n) is 27.3. The molecule has 2 N–H and O–H groups in total. The SMILES string of the molecule is O=C(CC1CCNCC1)N1CCc2c(c(-c3ccc(C(F)(F)F)c(SCCN4CCOCC4)c3)nn2CC(O)CN2CCCCC2)C1. The molecule has 0 spiro atoms. The number of nitrogens with zero attached hydrogens (tertiary/aromatic N) is 5. The van der Waals surface area contributed by atoms with Gasteiger partial charge in [0.2, 0.25) is 5.91 Å². The lowest BCUT2D eigenvalue weighted by atomic mass is 9.93. The molecule has 3 saturated heterocycles. The summed E-state index contributed by atoms with van der Waals surface area (Å²) < 4.78 is 49.8. The maximum Gasteiger partial charge on any atom is 0.417 e. The number of aliphatic hydroxyl groups excluding tert-OH is 1. The second kappa shape index (κ2) is 16.0. The number of morpholine rings is 1. The number of carbonyl (C=O) groups is 1. The van der Waals surface area contributed by atoms with Crippen molar-refractivity contribution in [3.63, 3.8) is 0 Å². The van der Waals surface area contributed by atoms with Gasteiger partial charge in [0, 0.05) is 79.6 Å². The summed E-state index contributed by atoms with van der Waals surface area (Å²) in [7, 11) is 0. The van der Waals surface area contributed by atoms with E-state index in [1.54, 1.807) is 6.07 Å². The van der Waals surface area contributed by atoms with Crippen molar-refractivity contribution >= 4 is 17.7 Å². The molecule has 0 aliphatic carbocycles. The van der Waals surface area contributed by atoms with E-state index >= 15 is 0 Å². The van der Waals surface area contributed by atoms with Crippen molar-refractivity contribution in [3.05, 3.63) is 35.0 Å². The zero-order valence-corrected chi connectivity index (χ0v) is 28.1. The maximum absolute atomic E-state index is 14.2. The van der Waals surface area contributed by atoms with Gasteiger partial charge in [0.25, 0.3) is 0 Å². The number of hydrogen-bond acceptors (Lipinski definition) is 8. The van der Waals surface area contributed by atoms with E-state index in [1.807, 2.05) is 9.58 Å². The molecule has 1 amide bonds. The summed E-state index contributed by atoms with van der Waals surface area (Å²) in [5.74, 6) is 1.02. The van der Waals surface area contributed by atoms with E-state index in [4.69, 9.17) is 9.84 Å². The Labute approximate surface area is 280 Å². The second-order valence-corrected chi connectivity index (χ2v) is 14.6. The molecule has 4 aliphatic heterocycles. The van der Waals surface area contributed by atoms with Crippen LogP contribution in [-0.2, 0) is 35.2 Å². The van der Waals surface area contributed by atoms with Crippen LogP contribution in [0.3, 0.4) is 0 Å². The van der Waals surface area contributed by atoms with Crippen LogP contribution in [0, 0.1) is 5.92 Å². The third-order valence-corrected chi connectivity index (χ3v) is 11.1. The largest absolute Gasteiger partial charge is 0.417 e. The molecule has 1 atom stereocenters. The molecule has 47 heavy (non-hydrogen) atoms. The quantitative estimate of drug-likeness (QED) is 0.344. The number of aliphatic hydroxyl groups is 1. The van der Waals surface area contributed by atoms with E-state index < -0.39 is 17.8 Å². The highest BCUT2D eigenvalue weighted by Gasteiger charge is 2.35. The van der Waals surface area contributed by atoms with Crippen LogP contribution in [0.4, 0.5) is 13.2 Å². The topological polar surface area (TPSA) is 86.1 Å². The van der Waals surface area contributed by atoms with Crippen LogP contribution < -0.4 is 5.32 Å². The molecule has 6 rings (SSSR count). The highest BCUT2D eigenvalue weighted by molar-refractivity contribution is 7.99. The number of aromatic nitrogens is 2. The summed E-state index contributed by atoms with van der Waals surface area (Å²) in [5.41, 5.74) is 2.42. The number of rotatable bonds is 11. The molecule has 3 fully saturated rings. The lowest BCUT2D eigenvalue weighted by molar-refractivity contribution is -0.139. The third kappa shape index (κ3) is 9.10. The average Bonchev–Trinajstić information content (AvgIpc) is 3.43. The van der Waals surface area contributed by atoms with Gasteiger partial charge in [0.05, 0.1) is 37.1 Å². The Balaban J connectivity index is 1.26. The molecule has 0 radical (unpaired) electrons. The highest BCUT2D eigenvalue weighted by Crippen LogP contribution is 2.40. The van der Waals surface area contributed by atoms with Crippen molar-refractivity contribution in [1.29, 1.82) is 0 Å². The number of nitrogens with one attached hydrogen (secondary N) is 1. The van der Waals surface area contributed by atoms with Crippen molar-refractivity contribution in [2.75, 3.05) is 77.9 Å². The smallest absolute Gasteiger partial charge is 0.390 e. The van der Waals surface area contributed by atoms with Crippen LogP contribution in [-0.4, -0.2) is 119 Å². The van der Waals surface area contributed by atoms with E-state index in [9.17, 15) is 23.1 Å². The summed E-state index contributed by atoms with van der Waals surface area (Å²) >= 11 is 1.22. The number of ether oxygens (including phenoxy) is 1. The first kappa shape index (κ1) is 34.7. The predicted molar refractivity (Wildman–Crippen MR) is 176 cm³/mol. The number of fused-ring (bicyclic) bond motifs is 1. The first-order valence-electron chi connectivity index (χ1n) is 17.4. The van der Waals surface area contributed by atoms with Crippen LogP contribution in [0.25, 0.3) is 11.3 Å². The van der Waals surface area contributed by atoms with Gasteiger partial charge in [-0.3, -0.25) is 14.4 Å². The van der Waals surface area contributed by atoms with Gasteiger partial charge in [0.15, 0.2) is 0 Å². The van der Waals surface area contributed by atoms with Crippen LogP contribution in [0.2, 0.25) is 0 Å². The number of alkyl halides is 3. The van der Waals surface area contributed by atoms with Crippen molar-refractivity contribution in [2.45, 2.75) is 75.2 Å². The summed E-state index contributed by atoms with van der Waals surface area (Å²) in [6.45, 7) is 9.17. The molecule has 5 heterocycles. The number of β-amino-alcohol motifs (C(OH)–C–C–N with tert-alkyl or cyclic N) is 1. The normalized spacial score (nSPS) is 21.1. The first-order chi connectivity index (χ1) is 22.7. The van der Waals surface area contributed by atoms with Gasteiger partial charge in [-0.25, -0.2) is 0 Å². The molecule has 2 aromatic rings. The number of halogens is 3. The number of amides is 1. The number of piperidine rings is 2. The minimum Gasteiger partial charge on any atom is -0.390 e. The lowest BCUT2D eigenvalue weighted by Crippen LogP contribution is -2.40. The molecular formula is C34H49F3N6O3S. The summed E-state index contributed by atoms with van der Waals surface area (Å²) in [6, 6.07) is 4.31. The molecule has 9 nitrogen and oxygen atoms in total. The minimum atomic E-state index is -4.48. The van der Waals surface area contributed by atoms with Crippen molar-refractivity contribution in [2.24, 2.45) is 5.92 Å². The van der Waals surface area contributed by atoms with Crippen LogP contribution >= 0.6 is 11.8 Å². The number of thioether (sulfide) groups is 1. The average molecular weight is 679 g/mol. The summed E-state index contributed by atoms with van der Waals surface area (Å²) in [5, 5.41) is 19.4. The van der Waals surface area contributed by atoms with Gasteiger partial charge in [-0.2, -0.15) is 18.3 Å². The van der Waals surface area contributed by atoms with E-state index in [-0.39, 0.29) is 10.8 Å². The predicted octanol–water partition coefficient (Wildman–Crippen LogP) is 4.11. The van der Waals surface area contributed by atoms with Crippen LogP contribution in [0.1, 0.15) is 55.3 Å². The summed E-state index contributed by atoms with van der Waals surface area (Å²) in [6.07, 6.45) is 1.47. The molecule has 4 aliphatic rings. The zero-order chi connectivity index (χ0) is 32.8. The van der Waals surface area contributed by atoms with Crippen molar-refractivity contribution in [1.82, 2.24) is 29.8 Å². The monoisotopic (exact) mass is 678 g/mol. The van der Waals surface area contributed by atoms with Crippen molar-refractivity contribution in [3.8, 4) is 11.3 Å². The van der Waals surface area contributed by atoms with Crippen LogP contribution in [0.5, 0.6) is 0 Å². The lowest BCUT2D eigenvalue weighted by Gasteiger charge is -2.31. The van der Waals surface area contributed by atoms with Gasteiger partial charge >= 0.3 is 6.18 Å². The van der Waals surface area contributed by atoms with Crippen molar-refractivity contribution < 1.29 is 27.8 Å². The second-order valence-electron chi connectivity index (χ2n) is 13.4. The number of carbonyl (C=O) groups excluding carboxylic acids is 1. The molecular weight excluding hydrogens is 629 g/mol. The molecule has 0 saturated carbocycles. The fraction of sp³-hybridized carbons (Fsp3) is 0.706. The molecule has 1 aromatic heterocycles. The van der Waals surface area contributed by atoms with Crippen LogP contribution in [0.15, 0.2) is 23.1 Å². The fourth-order valence-electron chi connectivity index (χ4n) is 7.38. The molecule has 260 valence electrons. The van der Waals surface area contributed by atoms with E-state index in [0.29, 0.717) is 81.7 Å². The van der Waals surface area contributed by atoms with E-state index in [1.165, 1.54) is 30.3 Å². The molecule has 1 aromatic carbocycles. The maximum atomic E-state index is 14.2.